The molecule has 0 saturated carbocycles. The van der Waals surface area contributed by atoms with Gasteiger partial charge in [-0.25, -0.2) is 18.2 Å². The van der Waals surface area contributed by atoms with E-state index in [1.807, 2.05) is 30.3 Å². The van der Waals surface area contributed by atoms with Gasteiger partial charge < -0.3 is 14.8 Å². The fourth-order valence-corrected chi connectivity index (χ4v) is 6.03. The van der Waals surface area contributed by atoms with E-state index in [4.69, 9.17) is 9.47 Å². The number of amides is 2. The van der Waals surface area contributed by atoms with Crippen molar-refractivity contribution >= 4 is 39.4 Å². The van der Waals surface area contributed by atoms with Gasteiger partial charge in [0.15, 0.2) is 6.61 Å². The Kier molecular flexibility index (Phi) is 10.8. The molecule has 0 heterocycles. The number of rotatable bonds is 13. The van der Waals surface area contributed by atoms with Crippen LogP contribution in [0.2, 0.25) is 0 Å². The fraction of sp³-hybridized carbons (Fsp3) is 0.0833. The van der Waals surface area contributed by atoms with Crippen LogP contribution < -0.4 is 24.5 Å². The highest BCUT2D eigenvalue weighted by Crippen LogP contribution is 2.30. The van der Waals surface area contributed by atoms with Crippen LogP contribution in [0.25, 0.3) is 0 Å². The molecule has 0 spiro atoms. The van der Waals surface area contributed by atoms with Gasteiger partial charge in [0.05, 0.1) is 36.0 Å². The van der Waals surface area contributed by atoms with Gasteiger partial charge in [-0.3, -0.25) is 13.9 Å². The molecule has 12 heteroatoms. The molecule has 0 aliphatic rings. The lowest BCUT2D eigenvalue weighted by Gasteiger charge is -2.26. The monoisotopic (exact) mass is 666 g/mol. The first-order valence-electron chi connectivity index (χ1n) is 14.6. The predicted octanol–water partition coefficient (Wildman–Crippen LogP) is 6.01. The minimum Gasteiger partial charge on any atom is -0.497 e. The topological polar surface area (TPSA) is 126 Å². The average molecular weight is 667 g/mol. The predicted molar refractivity (Wildman–Crippen MR) is 181 cm³/mol. The lowest BCUT2D eigenvalue weighted by atomic mass is 10.1. The molecule has 0 atom stereocenters. The van der Waals surface area contributed by atoms with Crippen LogP contribution in [-0.4, -0.2) is 40.2 Å². The number of hydrogen-bond donors (Lipinski definition) is 2. The van der Waals surface area contributed by atoms with Crippen LogP contribution in [-0.2, 0) is 21.4 Å². The number of carbonyl (C=O) groups excluding carboxylic acids is 2. The number of nitrogens with one attached hydrogen (secondary N) is 2. The summed E-state index contributed by atoms with van der Waals surface area (Å²) < 4.78 is 52.9. The molecule has 5 aromatic carbocycles. The number of hydrazone groups is 1. The van der Waals surface area contributed by atoms with Gasteiger partial charge in [-0.05, 0) is 96.1 Å². The van der Waals surface area contributed by atoms with Gasteiger partial charge in [0.1, 0.15) is 17.3 Å². The van der Waals surface area contributed by atoms with Gasteiger partial charge in [-0.15, -0.1) is 0 Å². The Morgan fingerprint density at radius 3 is 2.15 bits per heavy atom. The van der Waals surface area contributed by atoms with Crippen LogP contribution in [0, 0.1) is 5.82 Å². The van der Waals surface area contributed by atoms with E-state index in [0.717, 1.165) is 5.56 Å². The smallest absolute Gasteiger partial charge is 0.273 e. The van der Waals surface area contributed by atoms with Crippen LogP contribution >= 0.6 is 0 Å². The molecule has 0 unspecified atom stereocenters. The second kappa shape index (κ2) is 15.5. The highest BCUT2D eigenvalue weighted by Gasteiger charge is 2.28. The van der Waals surface area contributed by atoms with Crippen LogP contribution in [0.1, 0.15) is 21.5 Å². The molecule has 10 nitrogen and oxygen atoms in total. The zero-order valence-electron chi connectivity index (χ0n) is 25.7. The Hall–Kier alpha value is -6.01. The molecule has 244 valence electrons. The van der Waals surface area contributed by atoms with Crippen molar-refractivity contribution in [3.8, 4) is 11.5 Å². The third-order valence-electron chi connectivity index (χ3n) is 6.99. The van der Waals surface area contributed by atoms with Crippen molar-refractivity contribution in [3.05, 3.63) is 150 Å². The normalized spacial score (nSPS) is 11.1. The number of nitrogens with zero attached hydrogens (tertiary/aromatic N) is 2. The summed E-state index contributed by atoms with van der Waals surface area (Å²) in [5.41, 5.74) is 4.56. The molecule has 0 aromatic heterocycles. The van der Waals surface area contributed by atoms with Crippen molar-refractivity contribution in [2.75, 3.05) is 23.3 Å². The summed E-state index contributed by atoms with van der Waals surface area (Å²) in [6.45, 7) is -0.277. The Balaban J connectivity index is 1.27. The number of anilines is 2. The first-order valence-corrected chi connectivity index (χ1v) is 16.1. The second-order valence-corrected chi connectivity index (χ2v) is 12.2. The number of carbonyl (C=O) groups is 2. The summed E-state index contributed by atoms with van der Waals surface area (Å²) >= 11 is 0. The molecule has 5 aromatic rings. The van der Waals surface area contributed by atoms with Crippen LogP contribution in [0.15, 0.2) is 137 Å². The maximum absolute atomic E-state index is 14.0. The SMILES string of the molecule is COc1ccc(S(=O)(=O)N(Cc2ccccc2)c2ccccc2C(=O)N/N=C\c2ccc(OCC(=O)Nc3ccc(F)cc3)cc2)cc1. The Morgan fingerprint density at radius 1 is 0.812 bits per heavy atom. The third-order valence-corrected chi connectivity index (χ3v) is 8.77. The van der Waals surface area contributed by atoms with Crippen LogP contribution in [0.4, 0.5) is 15.8 Å². The van der Waals surface area contributed by atoms with Crippen molar-refractivity contribution < 1.29 is 31.9 Å². The molecular weight excluding hydrogens is 635 g/mol. The van der Waals surface area contributed by atoms with Crippen molar-refractivity contribution in [1.29, 1.82) is 0 Å². The van der Waals surface area contributed by atoms with Gasteiger partial charge in [0.25, 0.3) is 21.8 Å². The molecular formula is C36H31FN4O6S. The van der Waals surface area contributed by atoms with E-state index in [-0.39, 0.29) is 29.3 Å². The number of methoxy groups -OCH3 is 1. The minimum absolute atomic E-state index is 0.0227. The lowest BCUT2D eigenvalue weighted by molar-refractivity contribution is -0.118. The van der Waals surface area contributed by atoms with Gasteiger partial charge >= 0.3 is 0 Å². The van der Waals surface area contributed by atoms with Gasteiger partial charge in [-0.2, -0.15) is 5.10 Å². The molecule has 48 heavy (non-hydrogen) atoms. The van der Waals surface area contributed by atoms with Crippen molar-refractivity contribution in [2.45, 2.75) is 11.4 Å². The highest BCUT2D eigenvalue weighted by molar-refractivity contribution is 7.92. The van der Waals surface area contributed by atoms with Crippen LogP contribution in [0.3, 0.4) is 0 Å². The fourth-order valence-electron chi connectivity index (χ4n) is 4.56. The Labute approximate surface area is 277 Å². The Bertz CT molecular complexity index is 1990. The molecule has 0 bridgehead atoms. The quantitative estimate of drug-likeness (QED) is 0.117. The first kappa shape index (κ1) is 33.4. The van der Waals surface area contributed by atoms with Crippen molar-refractivity contribution in [2.24, 2.45) is 5.10 Å². The van der Waals surface area contributed by atoms with E-state index in [1.54, 1.807) is 54.6 Å². The largest absolute Gasteiger partial charge is 0.497 e. The summed E-state index contributed by atoms with van der Waals surface area (Å²) in [4.78, 5) is 25.5. The lowest BCUT2D eigenvalue weighted by Crippen LogP contribution is -2.33. The van der Waals surface area contributed by atoms with Crippen LogP contribution in [0.5, 0.6) is 11.5 Å². The number of sulfonamides is 1. The Morgan fingerprint density at radius 2 is 1.46 bits per heavy atom. The molecule has 5 rings (SSSR count). The molecule has 0 radical (unpaired) electrons. The summed E-state index contributed by atoms with van der Waals surface area (Å²) in [6.07, 6.45) is 1.42. The van der Waals surface area contributed by atoms with E-state index in [0.29, 0.717) is 22.7 Å². The van der Waals surface area contributed by atoms with Crippen molar-refractivity contribution in [1.82, 2.24) is 5.43 Å². The van der Waals surface area contributed by atoms with E-state index in [1.165, 1.54) is 60.1 Å². The summed E-state index contributed by atoms with van der Waals surface area (Å²) in [5.74, 6) is -0.490. The number of halogens is 1. The summed E-state index contributed by atoms with van der Waals surface area (Å²) in [7, 11) is -2.63. The first-order chi connectivity index (χ1) is 23.2. The zero-order chi connectivity index (χ0) is 33.9. The van der Waals surface area contributed by atoms with Gasteiger partial charge in [-0.1, -0.05) is 42.5 Å². The van der Waals surface area contributed by atoms with Crippen molar-refractivity contribution in [3.63, 3.8) is 0 Å². The third kappa shape index (κ3) is 8.62. The maximum Gasteiger partial charge on any atom is 0.273 e. The number of benzene rings is 5. The number of hydrogen-bond acceptors (Lipinski definition) is 7. The summed E-state index contributed by atoms with van der Waals surface area (Å²) in [5, 5.41) is 6.67. The molecule has 0 aliphatic carbocycles. The van der Waals surface area contributed by atoms with E-state index in [2.05, 4.69) is 15.8 Å². The minimum atomic E-state index is -4.12. The number of para-hydroxylation sites is 1. The van der Waals surface area contributed by atoms with Gasteiger partial charge in [0, 0.05) is 5.69 Å². The van der Waals surface area contributed by atoms with E-state index in [9.17, 15) is 22.4 Å². The molecule has 0 fully saturated rings. The standard InChI is InChI=1S/C36H31FN4O6S/c1-46-30-19-21-32(22-20-30)48(44,45)41(24-27-7-3-2-4-8-27)34-10-6-5-9-33(34)36(43)40-38-23-26-11-17-31(18-12-26)47-25-35(42)39-29-15-13-28(37)14-16-29/h2-23H,24-25H2,1H3,(H,39,42)(H,40,43)/b38-23-. The summed E-state index contributed by atoms with van der Waals surface area (Å²) in [6, 6.07) is 33.5. The molecule has 2 amide bonds. The van der Waals surface area contributed by atoms with Gasteiger partial charge in [0.2, 0.25) is 0 Å². The molecule has 0 aliphatic heterocycles. The zero-order valence-corrected chi connectivity index (χ0v) is 26.6. The highest BCUT2D eigenvalue weighted by atomic mass is 32.2. The maximum atomic E-state index is 14.0. The second-order valence-electron chi connectivity index (χ2n) is 10.3. The molecule has 0 saturated heterocycles. The van der Waals surface area contributed by atoms with E-state index >= 15 is 0 Å². The number of ether oxygens (including phenoxy) is 2. The average Bonchev–Trinajstić information content (AvgIpc) is 3.11. The van der Waals surface area contributed by atoms with E-state index < -0.39 is 27.7 Å². The molecule has 2 N–H and O–H groups in total.